The molecule has 0 aromatic heterocycles. The van der Waals surface area contributed by atoms with Crippen molar-refractivity contribution in [2.75, 3.05) is 25.9 Å². The minimum Gasteiger partial charge on any atom is -0.338 e. The maximum absolute atomic E-state index is 12.2. The second-order valence-electron chi connectivity index (χ2n) is 5.72. The topological polar surface area (TPSA) is 69.7 Å². The van der Waals surface area contributed by atoms with Gasteiger partial charge in [0.05, 0.1) is 12.6 Å². The predicted molar refractivity (Wildman–Crippen MR) is 87.2 cm³/mol. The normalized spacial score (nSPS) is 18.1. The first-order valence-corrected chi connectivity index (χ1v) is 8.81. The molecule has 7 heteroatoms. The molecule has 0 bridgehead atoms. The third-order valence-electron chi connectivity index (χ3n) is 4.25. The Morgan fingerprint density at radius 2 is 1.96 bits per heavy atom. The van der Waals surface area contributed by atoms with Crippen LogP contribution in [0.4, 0.5) is 4.79 Å². The van der Waals surface area contributed by atoms with Crippen molar-refractivity contribution in [3.8, 4) is 0 Å². The van der Waals surface area contributed by atoms with Gasteiger partial charge in [-0.3, -0.25) is 14.5 Å². The molecule has 0 saturated carbocycles. The lowest BCUT2D eigenvalue weighted by Crippen LogP contribution is -2.62. The molecule has 4 amide bonds. The van der Waals surface area contributed by atoms with Gasteiger partial charge in [0.2, 0.25) is 11.8 Å². The summed E-state index contributed by atoms with van der Waals surface area (Å²) < 4.78 is 0. The van der Waals surface area contributed by atoms with E-state index in [0.29, 0.717) is 25.9 Å². The standard InChI is InChI=1S/C16H19N3O3S/c1-23-13-5-2-11(3-6-13)4-7-14(20)18-9-12(10-18)19-15(21)8-17-16(19)22/h2-3,5-6,12H,4,7-10H2,1H3,(H,17,22). The molecule has 2 aliphatic rings. The lowest BCUT2D eigenvalue weighted by Gasteiger charge is -2.42. The number of hydrogen-bond donors (Lipinski definition) is 1. The average molecular weight is 333 g/mol. The van der Waals surface area contributed by atoms with Crippen molar-refractivity contribution in [1.29, 1.82) is 0 Å². The van der Waals surface area contributed by atoms with Crippen LogP contribution in [0.5, 0.6) is 0 Å². The van der Waals surface area contributed by atoms with Crippen molar-refractivity contribution in [3.05, 3.63) is 29.8 Å². The van der Waals surface area contributed by atoms with Crippen LogP contribution in [0.15, 0.2) is 29.2 Å². The van der Waals surface area contributed by atoms with E-state index >= 15 is 0 Å². The molecular weight excluding hydrogens is 314 g/mol. The van der Waals surface area contributed by atoms with Gasteiger partial charge in [-0.25, -0.2) is 4.79 Å². The van der Waals surface area contributed by atoms with Crippen molar-refractivity contribution in [3.63, 3.8) is 0 Å². The van der Waals surface area contributed by atoms with E-state index in [1.165, 1.54) is 9.80 Å². The summed E-state index contributed by atoms with van der Waals surface area (Å²) in [7, 11) is 0. The van der Waals surface area contributed by atoms with Crippen molar-refractivity contribution in [1.82, 2.24) is 15.1 Å². The fourth-order valence-electron chi connectivity index (χ4n) is 2.83. The number of carbonyl (C=O) groups is 3. The molecule has 3 rings (SSSR count). The highest BCUT2D eigenvalue weighted by Gasteiger charge is 2.42. The van der Waals surface area contributed by atoms with Gasteiger partial charge >= 0.3 is 6.03 Å². The van der Waals surface area contributed by atoms with Crippen LogP contribution in [0.1, 0.15) is 12.0 Å². The van der Waals surface area contributed by atoms with Crippen molar-refractivity contribution in [2.24, 2.45) is 0 Å². The molecule has 0 atom stereocenters. The van der Waals surface area contributed by atoms with E-state index in [0.717, 1.165) is 5.56 Å². The van der Waals surface area contributed by atoms with E-state index in [9.17, 15) is 14.4 Å². The van der Waals surface area contributed by atoms with Crippen LogP contribution in [0.2, 0.25) is 0 Å². The number of urea groups is 1. The van der Waals surface area contributed by atoms with Crippen LogP contribution in [-0.4, -0.2) is 59.6 Å². The second kappa shape index (κ2) is 6.62. The van der Waals surface area contributed by atoms with Crippen molar-refractivity contribution < 1.29 is 14.4 Å². The zero-order chi connectivity index (χ0) is 16.4. The maximum Gasteiger partial charge on any atom is 0.324 e. The molecule has 2 heterocycles. The lowest BCUT2D eigenvalue weighted by molar-refractivity contribution is -0.142. The number of nitrogens with one attached hydrogen (secondary N) is 1. The minimum absolute atomic E-state index is 0.0648. The van der Waals surface area contributed by atoms with Gasteiger partial charge in [-0.05, 0) is 30.4 Å². The second-order valence-corrected chi connectivity index (χ2v) is 6.60. The van der Waals surface area contributed by atoms with E-state index in [-0.39, 0.29) is 30.4 Å². The summed E-state index contributed by atoms with van der Waals surface area (Å²) in [6, 6.07) is 7.69. The Labute approximate surface area is 139 Å². The van der Waals surface area contributed by atoms with Crippen molar-refractivity contribution >= 4 is 29.6 Å². The molecule has 0 radical (unpaired) electrons. The van der Waals surface area contributed by atoms with Gasteiger partial charge < -0.3 is 10.2 Å². The number of imide groups is 1. The first kappa shape index (κ1) is 15.9. The monoisotopic (exact) mass is 333 g/mol. The summed E-state index contributed by atoms with van der Waals surface area (Å²) in [5.74, 6) is -0.136. The van der Waals surface area contributed by atoms with Gasteiger partial charge in [0.25, 0.3) is 0 Å². The molecule has 2 saturated heterocycles. The van der Waals surface area contributed by atoms with E-state index in [4.69, 9.17) is 0 Å². The number of rotatable bonds is 5. The summed E-state index contributed by atoms with van der Waals surface area (Å²) in [5, 5.41) is 2.50. The summed E-state index contributed by atoms with van der Waals surface area (Å²) in [6.45, 7) is 0.960. The third-order valence-corrected chi connectivity index (χ3v) is 4.99. The Kier molecular flexibility index (Phi) is 4.56. The Morgan fingerprint density at radius 1 is 1.26 bits per heavy atom. The first-order chi connectivity index (χ1) is 11.1. The summed E-state index contributed by atoms with van der Waals surface area (Å²) in [5.41, 5.74) is 1.14. The molecule has 2 aliphatic heterocycles. The largest absolute Gasteiger partial charge is 0.338 e. The quantitative estimate of drug-likeness (QED) is 0.647. The van der Waals surface area contributed by atoms with Gasteiger partial charge in [-0.15, -0.1) is 11.8 Å². The number of likely N-dealkylation sites (tertiary alicyclic amines) is 1. The Balaban J connectivity index is 1.45. The molecule has 23 heavy (non-hydrogen) atoms. The number of benzene rings is 1. The Hall–Kier alpha value is -2.02. The number of hydrogen-bond acceptors (Lipinski definition) is 4. The zero-order valence-corrected chi connectivity index (χ0v) is 13.8. The van der Waals surface area contributed by atoms with Crippen molar-refractivity contribution in [2.45, 2.75) is 23.8 Å². The van der Waals surface area contributed by atoms with E-state index < -0.39 is 0 Å². The lowest BCUT2D eigenvalue weighted by atomic mass is 10.0. The minimum atomic E-state index is -0.346. The molecule has 1 aromatic carbocycles. The molecule has 0 spiro atoms. The number of carbonyl (C=O) groups excluding carboxylic acids is 3. The molecule has 0 unspecified atom stereocenters. The molecule has 6 nitrogen and oxygen atoms in total. The average Bonchev–Trinajstić information content (AvgIpc) is 2.84. The fraction of sp³-hybridized carbons (Fsp3) is 0.438. The highest BCUT2D eigenvalue weighted by molar-refractivity contribution is 7.98. The van der Waals surface area contributed by atoms with Gasteiger partial charge in [0.15, 0.2) is 0 Å². The Morgan fingerprint density at radius 3 is 2.52 bits per heavy atom. The van der Waals surface area contributed by atoms with Gasteiger partial charge in [-0.2, -0.15) is 0 Å². The van der Waals surface area contributed by atoms with Gasteiger partial charge in [-0.1, -0.05) is 12.1 Å². The molecule has 1 N–H and O–H groups in total. The fourth-order valence-corrected chi connectivity index (χ4v) is 3.24. The maximum atomic E-state index is 12.2. The van der Waals surface area contributed by atoms with Crippen LogP contribution in [0.25, 0.3) is 0 Å². The highest BCUT2D eigenvalue weighted by atomic mass is 32.2. The SMILES string of the molecule is CSc1ccc(CCC(=O)N2CC(N3C(=O)CNC3=O)C2)cc1. The van der Waals surface area contributed by atoms with Crippen LogP contribution in [0, 0.1) is 0 Å². The smallest absolute Gasteiger partial charge is 0.324 e. The number of thioether (sulfide) groups is 1. The van der Waals surface area contributed by atoms with E-state index in [1.54, 1.807) is 16.7 Å². The third kappa shape index (κ3) is 3.34. The van der Waals surface area contributed by atoms with Gasteiger partial charge in [0, 0.05) is 24.4 Å². The van der Waals surface area contributed by atoms with Crippen LogP contribution in [-0.2, 0) is 16.0 Å². The summed E-state index contributed by atoms with van der Waals surface area (Å²) in [4.78, 5) is 39.5. The molecular formula is C16H19N3O3S. The van der Waals surface area contributed by atoms with Gasteiger partial charge in [0.1, 0.15) is 0 Å². The molecule has 2 fully saturated rings. The first-order valence-electron chi connectivity index (χ1n) is 7.59. The number of amides is 4. The predicted octanol–water partition coefficient (Wildman–Crippen LogP) is 1.10. The molecule has 122 valence electrons. The molecule has 0 aliphatic carbocycles. The summed E-state index contributed by atoms with van der Waals surface area (Å²) >= 11 is 1.69. The molecule has 1 aromatic rings. The van der Waals surface area contributed by atoms with Crippen LogP contribution in [0.3, 0.4) is 0 Å². The van der Waals surface area contributed by atoms with E-state index in [1.807, 2.05) is 18.4 Å². The van der Waals surface area contributed by atoms with E-state index in [2.05, 4.69) is 17.4 Å². The zero-order valence-electron chi connectivity index (χ0n) is 12.9. The van der Waals surface area contributed by atoms with Crippen LogP contribution < -0.4 is 5.32 Å². The Bertz CT molecular complexity index is 610. The van der Waals surface area contributed by atoms with Crippen LogP contribution >= 0.6 is 11.8 Å². The number of aryl methyl sites for hydroxylation is 1. The highest BCUT2D eigenvalue weighted by Crippen LogP contribution is 2.20. The number of nitrogens with zero attached hydrogens (tertiary/aromatic N) is 2. The summed E-state index contributed by atoms with van der Waals surface area (Å²) in [6.07, 6.45) is 3.19.